The van der Waals surface area contributed by atoms with Gasteiger partial charge >= 0.3 is 5.97 Å². The lowest BCUT2D eigenvalue weighted by Crippen LogP contribution is -2.27. The predicted octanol–water partition coefficient (Wildman–Crippen LogP) is 6.91. The fourth-order valence-corrected chi connectivity index (χ4v) is 4.48. The second-order valence-corrected chi connectivity index (χ2v) is 9.16. The summed E-state index contributed by atoms with van der Waals surface area (Å²) < 4.78 is 13.3. The van der Waals surface area contributed by atoms with Crippen molar-refractivity contribution in [3.05, 3.63) is 69.8 Å². The van der Waals surface area contributed by atoms with Crippen molar-refractivity contribution >= 4 is 29.2 Å². The van der Waals surface area contributed by atoms with Crippen molar-refractivity contribution in [3.8, 4) is 17.3 Å². The number of hydrogen-bond donors (Lipinski definition) is 0. The van der Waals surface area contributed by atoms with Gasteiger partial charge in [-0.1, -0.05) is 54.6 Å². The number of rotatable bonds is 7. The zero-order valence-corrected chi connectivity index (χ0v) is 20.8. The summed E-state index contributed by atoms with van der Waals surface area (Å²) >= 11 is 12.6. The van der Waals surface area contributed by atoms with Gasteiger partial charge in [-0.15, -0.1) is 0 Å². The minimum atomic E-state index is -0.476. The van der Waals surface area contributed by atoms with Crippen LogP contribution in [0.25, 0.3) is 5.69 Å². The molecule has 0 spiro atoms. The summed E-state index contributed by atoms with van der Waals surface area (Å²) in [5.41, 5.74) is 1.55. The van der Waals surface area contributed by atoms with Crippen molar-refractivity contribution in [1.82, 2.24) is 14.7 Å². The number of halogens is 2. The van der Waals surface area contributed by atoms with E-state index in [9.17, 15) is 4.79 Å². The molecule has 0 bridgehead atoms. The van der Waals surface area contributed by atoms with Crippen LogP contribution >= 0.6 is 23.2 Å². The van der Waals surface area contributed by atoms with Gasteiger partial charge in [0.05, 0.1) is 22.9 Å². The molecule has 2 heterocycles. The summed E-state index contributed by atoms with van der Waals surface area (Å²) in [6.45, 7) is 4.49. The summed E-state index contributed by atoms with van der Waals surface area (Å²) in [6.07, 6.45) is 5.96. The molecule has 1 aliphatic heterocycles. The highest BCUT2D eigenvalue weighted by Gasteiger charge is 2.29. The Morgan fingerprint density at radius 2 is 1.65 bits per heavy atom. The third-order valence-corrected chi connectivity index (χ3v) is 6.42. The molecule has 0 aliphatic carbocycles. The van der Waals surface area contributed by atoms with Crippen molar-refractivity contribution in [2.24, 2.45) is 0 Å². The molecule has 1 aliphatic rings. The highest BCUT2D eigenvalue weighted by molar-refractivity contribution is 6.32. The number of carbonyl (C=O) groups is 1. The zero-order valence-electron chi connectivity index (χ0n) is 19.3. The molecule has 6 nitrogen and oxygen atoms in total. The summed E-state index contributed by atoms with van der Waals surface area (Å²) in [5, 5.41) is 5.77. The standard InChI is InChI=1S/C26H29Cl2N3O3/c1-2-33-26(32)24-21(18-30-16-8-4-3-5-9-17-30)25(34-20-14-12-19(27)13-15-20)31(29-24)23-11-7-6-10-22(23)28/h6-7,10-15H,2-5,8-9,16-18H2,1H3. The number of benzene rings is 2. The molecule has 3 aromatic rings. The van der Waals surface area contributed by atoms with Crippen LogP contribution < -0.4 is 4.74 Å². The van der Waals surface area contributed by atoms with Crippen LogP contribution in [0.15, 0.2) is 48.5 Å². The number of esters is 1. The van der Waals surface area contributed by atoms with Crippen molar-refractivity contribution in [2.75, 3.05) is 19.7 Å². The molecule has 0 atom stereocenters. The number of likely N-dealkylation sites (tertiary alicyclic amines) is 1. The van der Waals surface area contributed by atoms with Crippen molar-refractivity contribution < 1.29 is 14.3 Å². The highest BCUT2D eigenvalue weighted by atomic mass is 35.5. The van der Waals surface area contributed by atoms with Gasteiger partial charge in [-0.3, -0.25) is 4.90 Å². The minimum Gasteiger partial charge on any atom is -0.461 e. The van der Waals surface area contributed by atoms with Crippen molar-refractivity contribution in [3.63, 3.8) is 0 Å². The molecule has 0 radical (unpaired) electrons. The fourth-order valence-electron chi connectivity index (χ4n) is 4.14. The maximum atomic E-state index is 13.0. The van der Waals surface area contributed by atoms with E-state index in [2.05, 4.69) is 10.00 Å². The maximum Gasteiger partial charge on any atom is 0.359 e. The molecule has 0 N–H and O–H groups in total. The molecule has 34 heavy (non-hydrogen) atoms. The van der Waals surface area contributed by atoms with E-state index in [1.54, 1.807) is 41.9 Å². The van der Waals surface area contributed by atoms with Gasteiger partial charge in [0.1, 0.15) is 5.75 Å². The third kappa shape index (κ3) is 5.93. The molecule has 0 unspecified atom stereocenters. The molecule has 1 aromatic heterocycles. The molecule has 4 rings (SSSR count). The first kappa shape index (κ1) is 24.6. The molecule has 180 valence electrons. The fraction of sp³-hybridized carbons (Fsp3) is 0.385. The molecular formula is C26H29Cl2N3O3. The van der Waals surface area contributed by atoms with Gasteiger partial charge in [0, 0.05) is 11.6 Å². The van der Waals surface area contributed by atoms with E-state index in [0.717, 1.165) is 25.9 Å². The summed E-state index contributed by atoms with van der Waals surface area (Å²) in [7, 11) is 0. The average molecular weight is 502 g/mol. The lowest BCUT2D eigenvalue weighted by molar-refractivity contribution is 0.0516. The molecular weight excluding hydrogens is 473 g/mol. The van der Waals surface area contributed by atoms with Crippen molar-refractivity contribution in [2.45, 2.75) is 45.6 Å². The topological polar surface area (TPSA) is 56.6 Å². The van der Waals surface area contributed by atoms with Crippen LogP contribution in [0.1, 0.15) is 55.1 Å². The van der Waals surface area contributed by atoms with Gasteiger partial charge in [0.15, 0.2) is 5.69 Å². The number of ether oxygens (including phenoxy) is 2. The van der Waals surface area contributed by atoms with Gasteiger partial charge in [-0.05, 0) is 69.3 Å². The Balaban J connectivity index is 1.82. The Kier molecular flexibility index (Phi) is 8.48. The Hall–Kier alpha value is -2.54. The van der Waals surface area contributed by atoms with E-state index in [4.69, 9.17) is 32.7 Å². The van der Waals surface area contributed by atoms with Crippen LogP contribution in [-0.4, -0.2) is 40.3 Å². The second kappa shape index (κ2) is 11.7. The van der Waals surface area contributed by atoms with E-state index in [1.807, 2.05) is 18.2 Å². The number of nitrogens with zero attached hydrogens (tertiary/aromatic N) is 3. The largest absolute Gasteiger partial charge is 0.461 e. The van der Waals surface area contributed by atoms with Crippen LogP contribution in [0, 0.1) is 0 Å². The smallest absolute Gasteiger partial charge is 0.359 e. The van der Waals surface area contributed by atoms with E-state index in [0.29, 0.717) is 39.5 Å². The van der Waals surface area contributed by atoms with Gasteiger partial charge in [0.25, 0.3) is 0 Å². The lowest BCUT2D eigenvalue weighted by atomic mass is 10.1. The molecule has 0 saturated carbocycles. The van der Waals surface area contributed by atoms with Crippen LogP contribution in [0.4, 0.5) is 0 Å². The summed E-state index contributed by atoms with van der Waals surface area (Å²) in [5.74, 6) is 0.554. The minimum absolute atomic E-state index is 0.243. The normalized spacial score (nSPS) is 14.9. The summed E-state index contributed by atoms with van der Waals surface area (Å²) in [4.78, 5) is 15.4. The molecule has 1 fully saturated rings. The van der Waals surface area contributed by atoms with Crippen LogP contribution in [0.3, 0.4) is 0 Å². The Bertz CT molecular complexity index is 1110. The van der Waals surface area contributed by atoms with E-state index in [1.165, 1.54) is 19.3 Å². The number of hydrogen-bond acceptors (Lipinski definition) is 5. The van der Waals surface area contributed by atoms with Crippen LogP contribution in [-0.2, 0) is 11.3 Å². The molecule has 1 saturated heterocycles. The lowest BCUT2D eigenvalue weighted by Gasteiger charge is -2.24. The van der Waals surface area contributed by atoms with E-state index >= 15 is 0 Å². The maximum absolute atomic E-state index is 13.0. The second-order valence-electron chi connectivity index (χ2n) is 8.32. The quantitative estimate of drug-likeness (QED) is 0.329. The van der Waals surface area contributed by atoms with E-state index < -0.39 is 5.97 Å². The first-order chi connectivity index (χ1) is 16.6. The van der Waals surface area contributed by atoms with Gasteiger partial charge in [-0.2, -0.15) is 9.78 Å². The highest BCUT2D eigenvalue weighted by Crippen LogP contribution is 2.35. The SMILES string of the molecule is CCOC(=O)c1nn(-c2ccccc2Cl)c(Oc2ccc(Cl)cc2)c1CN1CCCCCCC1. The molecule has 2 aromatic carbocycles. The van der Waals surface area contributed by atoms with Crippen LogP contribution in [0.5, 0.6) is 11.6 Å². The van der Waals surface area contributed by atoms with Crippen LogP contribution in [0.2, 0.25) is 10.0 Å². The monoisotopic (exact) mass is 501 g/mol. The van der Waals surface area contributed by atoms with Gasteiger partial charge < -0.3 is 9.47 Å². The Labute approximate surface area is 210 Å². The molecule has 0 amide bonds. The number of para-hydroxylation sites is 1. The first-order valence-corrected chi connectivity index (χ1v) is 12.5. The molecule has 8 heteroatoms. The predicted molar refractivity (Wildman–Crippen MR) is 134 cm³/mol. The Morgan fingerprint density at radius 1 is 0.971 bits per heavy atom. The van der Waals surface area contributed by atoms with Gasteiger partial charge in [0.2, 0.25) is 5.88 Å². The first-order valence-electron chi connectivity index (χ1n) is 11.8. The zero-order chi connectivity index (χ0) is 23.9. The van der Waals surface area contributed by atoms with Crippen molar-refractivity contribution in [1.29, 1.82) is 0 Å². The summed E-state index contributed by atoms with van der Waals surface area (Å²) in [6, 6.07) is 14.5. The van der Waals surface area contributed by atoms with Gasteiger partial charge in [-0.25, -0.2) is 4.79 Å². The van der Waals surface area contributed by atoms with E-state index in [-0.39, 0.29) is 12.3 Å². The third-order valence-electron chi connectivity index (χ3n) is 5.84. The Morgan fingerprint density at radius 3 is 2.32 bits per heavy atom. The number of aromatic nitrogens is 2. The average Bonchev–Trinajstić information content (AvgIpc) is 3.15. The number of carbonyl (C=O) groups excluding carboxylic acids is 1.